The van der Waals surface area contributed by atoms with Crippen LogP contribution in [0, 0.1) is 0 Å². The monoisotopic (exact) mass is 282 g/mol. The maximum atomic E-state index is 11.8. The lowest BCUT2D eigenvalue weighted by atomic mass is 10.1. The van der Waals surface area contributed by atoms with E-state index >= 15 is 0 Å². The quantitative estimate of drug-likeness (QED) is 0.596. The summed E-state index contributed by atoms with van der Waals surface area (Å²) >= 11 is 0. The summed E-state index contributed by atoms with van der Waals surface area (Å²) in [7, 11) is 1.78. The molecule has 0 aliphatic carbocycles. The SMILES string of the molecule is CCC(CCNC(=NC)NC(C)(C)C)N1CCCC1=O. The number of hydrogen-bond donors (Lipinski definition) is 2. The molecule has 2 N–H and O–H groups in total. The molecule has 0 spiro atoms. The third kappa shape index (κ3) is 5.39. The molecule has 0 aromatic carbocycles. The molecular weight excluding hydrogens is 252 g/mol. The summed E-state index contributed by atoms with van der Waals surface area (Å²) in [5.74, 6) is 1.13. The van der Waals surface area contributed by atoms with Gasteiger partial charge in [0.05, 0.1) is 0 Å². The first-order chi connectivity index (χ1) is 9.37. The van der Waals surface area contributed by atoms with Crippen molar-refractivity contribution in [1.82, 2.24) is 15.5 Å². The Morgan fingerprint density at radius 1 is 1.45 bits per heavy atom. The van der Waals surface area contributed by atoms with Crippen molar-refractivity contribution < 1.29 is 4.79 Å². The van der Waals surface area contributed by atoms with Gasteiger partial charge in [-0.05, 0) is 40.0 Å². The second-order valence-electron chi connectivity index (χ2n) is 6.42. The highest BCUT2D eigenvalue weighted by atomic mass is 16.2. The van der Waals surface area contributed by atoms with Crippen molar-refractivity contribution in [3.63, 3.8) is 0 Å². The number of hydrogen-bond acceptors (Lipinski definition) is 2. The fourth-order valence-corrected chi connectivity index (χ4v) is 2.53. The minimum absolute atomic E-state index is 0.00306. The molecule has 1 aliphatic heterocycles. The standard InChI is InChI=1S/C15H30N4O/c1-6-12(19-11-7-8-13(19)20)9-10-17-14(16-5)18-15(2,3)4/h12H,6-11H2,1-5H3,(H2,16,17,18). The molecule has 0 aromatic rings. The van der Waals surface area contributed by atoms with E-state index < -0.39 is 0 Å². The average molecular weight is 282 g/mol. The van der Waals surface area contributed by atoms with Crippen LogP contribution in [0.5, 0.6) is 0 Å². The van der Waals surface area contributed by atoms with Crippen molar-refractivity contribution in [2.75, 3.05) is 20.1 Å². The highest BCUT2D eigenvalue weighted by molar-refractivity contribution is 5.80. The molecule has 5 heteroatoms. The molecule has 0 bridgehead atoms. The van der Waals surface area contributed by atoms with Crippen molar-refractivity contribution in [1.29, 1.82) is 0 Å². The van der Waals surface area contributed by atoms with Gasteiger partial charge in [0.1, 0.15) is 0 Å². The van der Waals surface area contributed by atoms with Gasteiger partial charge in [0.2, 0.25) is 5.91 Å². The van der Waals surface area contributed by atoms with Gasteiger partial charge in [-0.15, -0.1) is 0 Å². The van der Waals surface area contributed by atoms with Crippen molar-refractivity contribution in [2.24, 2.45) is 4.99 Å². The van der Waals surface area contributed by atoms with Crippen LogP contribution in [0.2, 0.25) is 0 Å². The zero-order chi connectivity index (χ0) is 15.2. The van der Waals surface area contributed by atoms with Crippen LogP contribution in [0.3, 0.4) is 0 Å². The maximum absolute atomic E-state index is 11.8. The van der Waals surface area contributed by atoms with E-state index in [0.29, 0.717) is 11.9 Å². The molecule has 0 saturated carbocycles. The van der Waals surface area contributed by atoms with Crippen LogP contribution >= 0.6 is 0 Å². The molecular formula is C15H30N4O. The van der Waals surface area contributed by atoms with E-state index in [2.05, 4.69) is 43.3 Å². The van der Waals surface area contributed by atoms with Gasteiger partial charge >= 0.3 is 0 Å². The van der Waals surface area contributed by atoms with Crippen molar-refractivity contribution in [2.45, 2.75) is 65.0 Å². The summed E-state index contributed by atoms with van der Waals surface area (Å²) in [5, 5.41) is 6.66. The van der Waals surface area contributed by atoms with Crippen LogP contribution in [0.1, 0.15) is 53.4 Å². The molecule has 0 radical (unpaired) electrons. The molecule has 1 rings (SSSR count). The van der Waals surface area contributed by atoms with Gasteiger partial charge in [-0.25, -0.2) is 0 Å². The fraction of sp³-hybridized carbons (Fsp3) is 0.867. The van der Waals surface area contributed by atoms with Crippen LogP contribution in [0.15, 0.2) is 4.99 Å². The summed E-state index contributed by atoms with van der Waals surface area (Å²) in [6.45, 7) is 10.2. The molecule has 1 unspecified atom stereocenters. The Labute approximate surface area is 123 Å². The molecule has 1 heterocycles. The predicted octanol–water partition coefficient (Wildman–Crippen LogP) is 1.74. The molecule has 1 saturated heterocycles. The minimum atomic E-state index is -0.00306. The third-order valence-corrected chi connectivity index (χ3v) is 3.51. The zero-order valence-corrected chi connectivity index (χ0v) is 13.6. The van der Waals surface area contributed by atoms with Gasteiger partial charge in [0.15, 0.2) is 5.96 Å². The Morgan fingerprint density at radius 3 is 2.60 bits per heavy atom. The Balaban J connectivity index is 2.39. The summed E-state index contributed by atoms with van der Waals surface area (Å²) in [6, 6.07) is 0.352. The number of likely N-dealkylation sites (tertiary alicyclic amines) is 1. The van der Waals surface area contributed by atoms with Gasteiger partial charge in [0.25, 0.3) is 0 Å². The number of nitrogens with one attached hydrogen (secondary N) is 2. The lowest BCUT2D eigenvalue weighted by Gasteiger charge is -2.28. The normalized spacial score (nSPS) is 18.4. The average Bonchev–Trinajstić information content (AvgIpc) is 2.78. The first-order valence-electron chi connectivity index (χ1n) is 7.65. The number of nitrogens with zero attached hydrogens (tertiary/aromatic N) is 2. The minimum Gasteiger partial charge on any atom is -0.356 e. The second-order valence-corrected chi connectivity index (χ2v) is 6.42. The molecule has 1 amide bonds. The summed E-state index contributed by atoms with van der Waals surface area (Å²) in [6.07, 6.45) is 3.71. The maximum Gasteiger partial charge on any atom is 0.222 e. The molecule has 116 valence electrons. The largest absolute Gasteiger partial charge is 0.356 e. The fourth-order valence-electron chi connectivity index (χ4n) is 2.53. The molecule has 1 fully saturated rings. The topological polar surface area (TPSA) is 56.7 Å². The van der Waals surface area contributed by atoms with Gasteiger partial charge in [-0.3, -0.25) is 9.79 Å². The van der Waals surface area contributed by atoms with Crippen LogP contribution in [-0.2, 0) is 4.79 Å². The lowest BCUT2D eigenvalue weighted by Crippen LogP contribution is -2.48. The lowest BCUT2D eigenvalue weighted by molar-refractivity contribution is -0.129. The Hall–Kier alpha value is -1.26. The van der Waals surface area contributed by atoms with E-state index in [1.165, 1.54) is 0 Å². The van der Waals surface area contributed by atoms with Gasteiger partial charge in [-0.1, -0.05) is 6.92 Å². The predicted molar refractivity (Wildman–Crippen MR) is 83.9 cm³/mol. The smallest absolute Gasteiger partial charge is 0.222 e. The number of rotatable bonds is 5. The Kier molecular flexibility index (Phi) is 6.30. The summed E-state index contributed by atoms with van der Waals surface area (Å²) in [5.41, 5.74) is -0.00306. The van der Waals surface area contributed by atoms with Crippen molar-refractivity contribution in [3.8, 4) is 0 Å². The second kappa shape index (κ2) is 7.50. The number of carbonyl (C=O) groups excluding carboxylic acids is 1. The highest BCUT2D eigenvalue weighted by Gasteiger charge is 2.26. The Bertz CT molecular complexity index is 346. The number of aliphatic imine (C=N–C) groups is 1. The van der Waals surface area contributed by atoms with Gasteiger partial charge in [-0.2, -0.15) is 0 Å². The van der Waals surface area contributed by atoms with E-state index in [1.54, 1.807) is 7.05 Å². The van der Waals surface area contributed by atoms with E-state index in [4.69, 9.17) is 0 Å². The molecule has 1 aliphatic rings. The Morgan fingerprint density at radius 2 is 2.15 bits per heavy atom. The first kappa shape index (κ1) is 16.8. The number of guanidine groups is 1. The van der Waals surface area contributed by atoms with E-state index in [9.17, 15) is 4.79 Å². The third-order valence-electron chi connectivity index (χ3n) is 3.51. The van der Waals surface area contributed by atoms with Crippen molar-refractivity contribution >= 4 is 11.9 Å². The van der Waals surface area contributed by atoms with Crippen LogP contribution in [-0.4, -0.2) is 48.5 Å². The molecule has 1 atom stereocenters. The summed E-state index contributed by atoms with van der Waals surface area (Å²) in [4.78, 5) is 18.1. The first-order valence-corrected chi connectivity index (χ1v) is 7.65. The van der Waals surface area contributed by atoms with Crippen LogP contribution in [0.25, 0.3) is 0 Å². The van der Waals surface area contributed by atoms with E-state index in [1.807, 2.05) is 4.90 Å². The van der Waals surface area contributed by atoms with Crippen LogP contribution in [0.4, 0.5) is 0 Å². The van der Waals surface area contributed by atoms with E-state index in [-0.39, 0.29) is 5.54 Å². The molecule has 0 aromatic heterocycles. The molecule has 5 nitrogen and oxygen atoms in total. The summed E-state index contributed by atoms with van der Waals surface area (Å²) < 4.78 is 0. The van der Waals surface area contributed by atoms with Gasteiger partial charge < -0.3 is 15.5 Å². The molecule has 20 heavy (non-hydrogen) atoms. The van der Waals surface area contributed by atoms with Crippen LogP contribution < -0.4 is 10.6 Å². The van der Waals surface area contributed by atoms with E-state index in [0.717, 1.165) is 44.7 Å². The number of carbonyl (C=O) groups is 1. The zero-order valence-electron chi connectivity index (χ0n) is 13.6. The van der Waals surface area contributed by atoms with Crippen molar-refractivity contribution in [3.05, 3.63) is 0 Å². The van der Waals surface area contributed by atoms with Gasteiger partial charge in [0, 0.05) is 38.1 Å². The number of amides is 1. The highest BCUT2D eigenvalue weighted by Crippen LogP contribution is 2.17.